The molecule has 0 aromatic heterocycles. The number of carbonyl (C=O) groups is 2. The quantitative estimate of drug-likeness (QED) is 0.490. The van der Waals surface area contributed by atoms with Crippen LogP contribution in [0.5, 0.6) is 0 Å². The summed E-state index contributed by atoms with van der Waals surface area (Å²) < 4.78 is 0. The maximum atomic E-state index is 12.8. The van der Waals surface area contributed by atoms with Gasteiger partial charge >= 0.3 is 0 Å². The molecule has 3 rings (SSSR count). The van der Waals surface area contributed by atoms with Crippen molar-refractivity contribution in [1.29, 1.82) is 0 Å². The van der Waals surface area contributed by atoms with Crippen LogP contribution in [0.15, 0.2) is 60.7 Å². The molecule has 0 radical (unpaired) electrons. The number of rotatable bonds is 6. The third-order valence-corrected chi connectivity index (χ3v) is 5.88. The summed E-state index contributed by atoms with van der Waals surface area (Å²) in [7, 11) is 0. The zero-order valence-corrected chi connectivity index (χ0v) is 17.1. The van der Waals surface area contributed by atoms with E-state index in [9.17, 15) is 9.59 Å². The Kier molecular flexibility index (Phi) is 7.35. The Morgan fingerprint density at radius 3 is 1.29 bits per heavy atom. The summed E-state index contributed by atoms with van der Waals surface area (Å²) in [6, 6.07) is 18.9. The van der Waals surface area contributed by atoms with Crippen LogP contribution >= 0.6 is 23.2 Å². The molecule has 0 atom stereocenters. The Morgan fingerprint density at radius 2 is 1.00 bits per heavy atom. The predicted octanol–water partition coefficient (Wildman–Crippen LogP) is 4.98. The number of alkyl halides is 2. The highest BCUT2D eigenvalue weighted by Crippen LogP contribution is 2.29. The van der Waals surface area contributed by atoms with Gasteiger partial charge < -0.3 is 9.80 Å². The molecule has 1 saturated carbocycles. The largest absolute Gasteiger partial charge is 0.322 e. The Labute approximate surface area is 176 Å². The summed E-state index contributed by atoms with van der Waals surface area (Å²) in [6.45, 7) is 0. The van der Waals surface area contributed by atoms with Gasteiger partial charge in [0.2, 0.25) is 0 Å². The second kappa shape index (κ2) is 9.94. The summed E-state index contributed by atoms with van der Waals surface area (Å²) >= 11 is 12.2. The molecule has 0 aliphatic heterocycles. The van der Waals surface area contributed by atoms with Crippen LogP contribution in [0.25, 0.3) is 0 Å². The minimum absolute atomic E-state index is 0.0476. The normalized spacial score (nSPS) is 19.1. The average Bonchev–Trinajstić information content (AvgIpc) is 2.77. The molecule has 1 aliphatic carbocycles. The summed E-state index contributed by atoms with van der Waals surface area (Å²) in [5, 5.41) is 0. The highest BCUT2D eigenvalue weighted by Gasteiger charge is 2.33. The highest BCUT2D eigenvalue weighted by atomic mass is 35.5. The summed E-state index contributed by atoms with van der Waals surface area (Å²) in [4.78, 5) is 29.1. The van der Waals surface area contributed by atoms with E-state index in [4.69, 9.17) is 23.2 Å². The fraction of sp³-hybridized carbons (Fsp3) is 0.364. The molecule has 28 heavy (non-hydrogen) atoms. The van der Waals surface area contributed by atoms with Crippen LogP contribution in [0.4, 0.5) is 0 Å². The smallest absolute Gasteiger partial charge is 0.255 e. The van der Waals surface area contributed by atoms with E-state index < -0.39 is 0 Å². The second-order valence-electron chi connectivity index (χ2n) is 6.98. The van der Waals surface area contributed by atoms with Crippen LogP contribution < -0.4 is 0 Å². The van der Waals surface area contributed by atoms with E-state index in [1.54, 1.807) is 34.1 Å². The van der Waals surface area contributed by atoms with Gasteiger partial charge in [0.1, 0.15) is 0 Å². The lowest BCUT2D eigenvalue weighted by Crippen LogP contribution is -2.47. The third kappa shape index (κ3) is 4.68. The van der Waals surface area contributed by atoms with E-state index in [1.165, 1.54) is 0 Å². The van der Waals surface area contributed by atoms with Crippen LogP contribution in [-0.4, -0.2) is 45.7 Å². The van der Waals surface area contributed by atoms with Crippen molar-refractivity contribution in [2.45, 2.75) is 37.8 Å². The lowest BCUT2D eigenvalue weighted by molar-refractivity contribution is 0.0547. The van der Waals surface area contributed by atoms with Crippen molar-refractivity contribution in [2.75, 3.05) is 12.0 Å². The average molecular weight is 419 g/mol. The van der Waals surface area contributed by atoms with Crippen molar-refractivity contribution in [1.82, 2.24) is 9.80 Å². The van der Waals surface area contributed by atoms with Crippen LogP contribution in [0.3, 0.4) is 0 Å². The Morgan fingerprint density at radius 1 is 0.679 bits per heavy atom. The monoisotopic (exact) mass is 418 g/mol. The molecule has 0 N–H and O–H groups in total. The fourth-order valence-corrected chi connectivity index (χ4v) is 4.42. The first-order valence-corrected chi connectivity index (χ1v) is 10.6. The molecule has 6 heteroatoms. The van der Waals surface area contributed by atoms with Crippen molar-refractivity contribution >= 4 is 35.0 Å². The Bertz CT molecular complexity index is 710. The molecule has 0 spiro atoms. The van der Waals surface area contributed by atoms with Crippen molar-refractivity contribution in [2.24, 2.45) is 0 Å². The SMILES string of the molecule is O=C(c1ccccc1)N(CCl)C1CCC(N(CCl)C(=O)c2ccccc2)CC1. The molecule has 2 aromatic carbocycles. The maximum absolute atomic E-state index is 12.8. The van der Waals surface area contributed by atoms with E-state index >= 15 is 0 Å². The Balaban J connectivity index is 1.64. The van der Waals surface area contributed by atoms with E-state index in [2.05, 4.69) is 0 Å². The molecule has 2 aromatic rings. The number of hydrogen-bond donors (Lipinski definition) is 0. The minimum atomic E-state index is -0.0476. The van der Waals surface area contributed by atoms with Gasteiger partial charge in [0.25, 0.3) is 11.8 Å². The number of halogens is 2. The van der Waals surface area contributed by atoms with Crippen molar-refractivity contribution in [3.8, 4) is 0 Å². The topological polar surface area (TPSA) is 40.6 Å². The lowest BCUT2D eigenvalue weighted by atomic mass is 9.89. The van der Waals surface area contributed by atoms with Gasteiger partial charge in [0.05, 0.1) is 12.0 Å². The fourth-order valence-electron chi connectivity index (χ4n) is 3.81. The predicted molar refractivity (Wildman–Crippen MR) is 113 cm³/mol. The van der Waals surface area contributed by atoms with Gasteiger partial charge in [-0.3, -0.25) is 9.59 Å². The third-order valence-electron chi connectivity index (χ3n) is 5.37. The Hall–Kier alpha value is -2.04. The number of amides is 2. The van der Waals surface area contributed by atoms with Crippen molar-refractivity contribution in [3.05, 3.63) is 71.8 Å². The summed E-state index contributed by atoms with van der Waals surface area (Å²) in [6.07, 6.45) is 3.19. The van der Waals surface area contributed by atoms with Crippen molar-refractivity contribution in [3.63, 3.8) is 0 Å². The van der Waals surface area contributed by atoms with E-state index in [0.29, 0.717) is 11.1 Å². The first-order valence-electron chi connectivity index (χ1n) is 9.49. The number of nitrogens with zero attached hydrogens (tertiary/aromatic N) is 2. The van der Waals surface area contributed by atoms with Crippen molar-refractivity contribution < 1.29 is 9.59 Å². The molecule has 148 valence electrons. The maximum Gasteiger partial charge on any atom is 0.255 e. The molecule has 4 nitrogen and oxygen atoms in total. The zero-order chi connectivity index (χ0) is 19.9. The minimum Gasteiger partial charge on any atom is -0.322 e. The van der Waals surface area contributed by atoms with Gasteiger partial charge in [-0.15, -0.1) is 23.2 Å². The molecule has 0 unspecified atom stereocenters. The van der Waals surface area contributed by atoms with Gasteiger partial charge in [0.15, 0.2) is 0 Å². The molecule has 2 amide bonds. The lowest BCUT2D eigenvalue weighted by Gasteiger charge is -2.39. The molecule has 0 heterocycles. The number of carbonyl (C=O) groups excluding carboxylic acids is 2. The van der Waals surface area contributed by atoms with Crippen LogP contribution in [0.1, 0.15) is 46.4 Å². The summed E-state index contributed by atoms with van der Waals surface area (Å²) in [5.41, 5.74) is 1.29. The number of benzene rings is 2. The van der Waals surface area contributed by atoms with E-state index in [1.807, 2.05) is 36.4 Å². The molecular formula is C22H24Cl2N2O2. The van der Waals surface area contributed by atoms with Gasteiger partial charge in [-0.05, 0) is 49.9 Å². The van der Waals surface area contributed by atoms with Gasteiger partial charge in [-0.1, -0.05) is 36.4 Å². The van der Waals surface area contributed by atoms with Crippen LogP contribution in [-0.2, 0) is 0 Å². The highest BCUT2D eigenvalue weighted by molar-refractivity contribution is 6.19. The second-order valence-corrected chi connectivity index (χ2v) is 7.46. The van der Waals surface area contributed by atoms with E-state index in [-0.39, 0.29) is 35.9 Å². The van der Waals surface area contributed by atoms with Gasteiger partial charge in [0, 0.05) is 23.2 Å². The molecule has 0 saturated heterocycles. The molecule has 0 bridgehead atoms. The summed E-state index contributed by atoms with van der Waals surface area (Å²) in [5.74, 6) is -0.0952. The van der Waals surface area contributed by atoms with Gasteiger partial charge in [-0.25, -0.2) is 0 Å². The molecule has 1 fully saturated rings. The molecular weight excluding hydrogens is 395 g/mol. The first-order chi connectivity index (χ1) is 13.7. The molecule has 1 aliphatic rings. The van der Waals surface area contributed by atoms with E-state index in [0.717, 1.165) is 25.7 Å². The standard InChI is InChI=1S/C22H24Cl2N2O2/c23-15-25(21(27)17-7-3-1-4-8-17)19-11-13-20(14-12-19)26(16-24)22(28)18-9-5-2-6-10-18/h1-10,19-20H,11-16H2. The van der Waals surface area contributed by atoms with Crippen LogP contribution in [0.2, 0.25) is 0 Å². The first kappa shape index (κ1) is 20.7. The zero-order valence-electron chi connectivity index (χ0n) is 15.6. The van der Waals surface area contributed by atoms with Crippen LogP contribution in [0, 0.1) is 0 Å². The number of hydrogen-bond acceptors (Lipinski definition) is 2. The van der Waals surface area contributed by atoms with Gasteiger partial charge in [-0.2, -0.15) is 0 Å².